The molecule has 0 amide bonds. The van der Waals surface area contributed by atoms with E-state index in [-0.39, 0.29) is 17.2 Å². The van der Waals surface area contributed by atoms with Crippen LogP contribution in [-0.2, 0) is 20.5 Å². The lowest BCUT2D eigenvalue weighted by Gasteiger charge is -2.23. The van der Waals surface area contributed by atoms with Crippen LogP contribution in [0.25, 0.3) is 0 Å². The van der Waals surface area contributed by atoms with Gasteiger partial charge in [0.1, 0.15) is 11.6 Å². The third-order valence-electron chi connectivity index (χ3n) is 3.46. The highest BCUT2D eigenvalue weighted by atomic mass is 32.2. The Morgan fingerprint density at radius 3 is 2.76 bits per heavy atom. The minimum Gasteiger partial charge on any atom is -0.493 e. The minimum atomic E-state index is -3.52. The third kappa shape index (κ3) is 3.74. The van der Waals surface area contributed by atoms with E-state index in [1.54, 1.807) is 25.3 Å². The van der Waals surface area contributed by atoms with Crippen molar-refractivity contribution in [3.63, 3.8) is 0 Å². The summed E-state index contributed by atoms with van der Waals surface area (Å²) in [6, 6.07) is 5.24. The van der Waals surface area contributed by atoms with E-state index < -0.39 is 10.0 Å². The fraction of sp³-hybridized carbons (Fsp3) is 0.500. The monoisotopic (exact) mass is 312 g/mol. The number of benzene rings is 1. The first-order valence-electron chi connectivity index (χ1n) is 6.62. The molecule has 2 rings (SSSR count). The standard InChI is InChI=1S/C14H20N2O4S/c1-14(2,19-3)7-8-20-11-6-4-5-10-9-21(17,18)16-13(15)12(10)11/h4-6H,7-9H2,1-3H3,(H2,15,16). The number of nitrogens with two attached hydrogens (primary N) is 1. The van der Waals surface area contributed by atoms with Gasteiger partial charge in [-0.3, -0.25) is 0 Å². The fourth-order valence-electron chi connectivity index (χ4n) is 2.04. The van der Waals surface area contributed by atoms with Crippen LogP contribution in [0.15, 0.2) is 22.6 Å². The summed E-state index contributed by atoms with van der Waals surface area (Å²) in [5.74, 6) is 0.387. The number of sulfonamides is 1. The molecule has 6 nitrogen and oxygen atoms in total. The summed E-state index contributed by atoms with van der Waals surface area (Å²) < 4.78 is 37.8. The molecule has 0 saturated carbocycles. The zero-order valence-electron chi connectivity index (χ0n) is 12.4. The molecule has 0 aromatic heterocycles. The van der Waals surface area contributed by atoms with Gasteiger partial charge in [0, 0.05) is 13.5 Å². The molecule has 116 valence electrons. The van der Waals surface area contributed by atoms with Crippen LogP contribution < -0.4 is 10.5 Å². The van der Waals surface area contributed by atoms with Crippen LogP contribution >= 0.6 is 0 Å². The molecule has 1 aliphatic heterocycles. The molecule has 21 heavy (non-hydrogen) atoms. The molecule has 0 radical (unpaired) electrons. The normalized spacial score (nSPS) is 17.0. The Morgan fingerprint density at radius 2 is 2.10 bits per heavy atom. The number of amidine groups is 1. The summed E-state index contributed by atoms with van der Waals surface area (Å²) in [5, 5.41) is 0. The quantitative estimate of drug-likeness (QED) is 0.888. The van der Waals surface area contributed by atoms with Crippen LogP contribution in [0.1, 0.15) is 31.4 Å². The van der Waals surface area contributed by atoms with Gasteiger partial charge in [0.25, 0.3) is 10.0 Å². The van der Waals surface area contributed by atoms with Gasteiger partial charge in [0.05, 0.1) is 23.5 Å². The van der Waals surface area contributed by atoms with Gasteiger partial charge in [-0.1, -0.05) is 12.1 Å². The SMILES string of the molecule is COC(C)(C)CCOc1cccc2c1C(N)=NS(=O)(=O)C2. The molecule has 7 heteroatoms. The Hall–Kier alpha value is -1.60. The predicted molar refractivity (Wildman–Crippen MR) is 81.0 cm³/mol. The van der Waals surface area contributed by atoms with Crippen LogP contribution in [0.5, 0.6) is 5.75 Å². The van der Waals surface area contributed by atoms with Gasteiger partial charge in [0.2, 0.25) is 0 Å². The Morgan fingerprint density at radius 1 is 1.38 bits per heavy atom. The number of nitrogens with zero attached hydrogens (tertiary/aromatic N) is 1. The second-order valence-electron chi connectivity index (χ2n) is 5.56. The first-order valence-corrected chi connectivity index (χ1v) is 8.23. The van der Waals surface area contributed by atoms with E-state index in [1.165, 1.54) is 0 Å². The Kier molecular flexibility index (Phi) is 4.25. The van der Waals surface area contributed by atoms with E-state index in [1.807, 2.05) is 13.8 Å². The lowest BCUT2D eigenvalue weighted by atomic mass is 10.1. The van der Waals surface area contributed by atoms with Crippen LogP contribution in [0, 0.1) is 0 Å². The van der Waals surface area contributed by atoms with Gasteiger partial charge in [-0.15, -0.1) is 4.40 Å². The molecule has 0 aliphatic carbocycles. The molecule has 0 atom stereocenters. The van der Waals surface area contributed by atoms with Gasteiger partial charge in [-0.05, 0) is 25.5 Å². The number of rotatable bonds is 5. The number of hydrogen-bond acceptors (Lipinski definition) is 5. The average molecular weight is 312 g/mol. The average Bonchev–Trinajstić information content (AvgIpc) is 2.36. The topological polar surface area (TPSA) is 91.0 Å². The zero-order chi connectivity index (χ0) is 15.7. The first-order chi connectivity index (χ1) is 9.74. The molecular weight excluding hydrogens is 292 g/mol. The smallest absolute Gasteiger partial charge is 0.259 e. The number of methoxy groups -OCH3 is 1. The van der Waals surface area contributed by atoms with Crippen molar-refractivity contribution < 1.29 is 17.9 Å². The number of fused-ring (bicyclic) bond motifs is 1. The molecule has 0 fully saturated rings. The van der Waals surface area contributed by atoms with Gasteiger partial charge >= 0.3 is 0 Å². The first kappa shape index (κ1) is 15.8. The lowest BCUT2D eigenvalue weighted by Crippen LogP contribution is -2.27. The largest absolute Gasteiger partial charge is 0.493 e. The van der Waals surface area contributed by atoms with E-state index in [0.29, 0.717) is 29.9 Å². The highest BCUT2D eigenvalue weighted by Crippen LogP contribution is 2.28. The number of ether oxygens (including phenoxy) is 2. The maximum Gasteiger partial charge on any atom is 0.259 e. The van der Waals surface area contributed by atoms with E-state index in [0.717, 1.165) is 0 Å². The highest BCUT2D eigenvalue weighted by Gasteiger charge is 2.25. The van der Waals surface area contributed by atoms with Gasteiger partial charge in [-0.2, -0.15) is 0 Å². The predicted octanol–water partition coefficient (Wildman–Crippen LogP) is 1.43. The highest BCUT2D eigenvalue weighted by molar-refractivity contribution is 7.89. The second-order valence-corrected chi connectivity index (χ2v) is 7.19. The zero-order valence-corrected chi connectivity index (χ0v) is 13.2. The van der Waals surface area contributed by atoms with Crippen molar-refractivity contribution in [1.29, 1.82) is 0 Å². The maximum absolute atomic E-state index is 11.6. The van der Waals surface area contributed by atoms with E-state index in [2.05, 4.69) is 4.40 Å². The van der Waals surface area contributed by atoms with Crippen LogP contribution in [0.3, 0.4) is 0 Å². The molecule has 0 spiro atoms. The van der Waals surface area contributed by atoms with Crippen molar-refractivity contribution in [2.24, 2.45) is 10.1 Å². The van der Waals surface area contributed by atoms with Crippen molar-refractivity contribution in [2.75, 3.05) is 13.7 Å². The fourth-order valence-corrected chi connectivity index (χ4v) is 3.13. The molecule has 1 heterocycles. The molecular formula is C14H20N2O4S. The molecule has 0 bridgehead atoms. The van der Waals surface area contributed by atoms with Gasteiger partial charge < -0.3 is 15.2 Å². The molecule has 1 aliphatic rings. The lowest BCUT2D eigenvalue weighted by molar-refractivity contribution is 0.00544. The molecule has 1 aromatic rings. The van der Waals surface area contributed by atoms with Crippen molar-refractivity contribution in [3.05, 3.63) is 29.3 Å². The van der Waals surface area contributed by atoms with Crippen molar-refractivity contribution >= 4 is 15.9 Å². The Labute approximate surface area is 125 Å². The van der Waals surface area contributed by atoms with E-state index >= 15 is 0 Å². The number of hydrogen-bond donors (Lipinski definition) is 1. The van der Waals surface area contributed by atoms with Gasteiger partial charge in [0.15, 0.2) is 0 Å². The summed E-state index contributed by atoms with van der Waals surface area (Å²) in [6.45, 7) is 4.38. The summed E-state index contributed by atoms with van der Waals surface area (Å²) in [5.41, 5.74) is 6.68. The summed E-state index contributed by atoms with van der Waals surface area (Å²) in [7, 11) is -1.87. The second kappa shape index (κ2) is 5.65. The molecule has 1 aromatic carbocycles. The van der Waals surface area contributed by atoms with Crippen molar-refractivity contribution in [3.8, 4) is 5.75 Å². The summed E-state index contributed by atoms with van der Waals surface area (Å²) in [6.07, 6.45) is 0.697. The van der Waals surface area contributed by atoms with E-state index in [4.69, 9.17) is 15.2 Å². The molecule has 0 saturated heterocycles. The van der Waals surface area contributed by atoms with E-state index in [9.17, 15) is 8.42 Å². The van der Waals surface area contributed by atoms with Gasteiger partial charge in [-0.25, -0.2) is 8.42 Å². The molecule has 0 unspecified atom stereocenters. The Bertz CT molecular complexity index is 666. The summed E-state index contributed by atoms with van der Waals surface area (Å²) >= 11 is 0. The van der Waals surface area contributed by atoms with Crippen LogP contribution in [-0.4, -0.2) is 33.6 Å². The van der Waals surface area contributed by atoms with Crippen LogP contribution in [0.4, 0.5) is 0 Å². The Balaban J connectivity index is 2.21. The van der Waals surface area contributed by atoms with Crippen LogP contribution in [0.2, 0.25) is 0 Å². The van der Waals surface area contributed by atoms with Crippen molar-refractivity contribution in [2.45, 2.75) is 31.6 Å². The maximum atomic E-state index is 11.6. The molecule has 2 N–H and O–H groups in total. The third-order valence-corrected chi connectivity index (χ3v) is 4.61. The minimum absolute atomic E-state index is 0.0159. The summed E-state index contributed by atoms with van der Waals surface area (Å²) in [4.78, 5) is 0. The van der Waals surface area contributed by atoms with Crippen molar-refractivity contribution in [1.82, 2.24) is 0 Å².